The first-order valence-corrected chi connectivity index (χ1v) is 6.56. The number of nitrogens with zero attached hydrogens (tertiary/aromatic N) is 3. The number of ether oxygens (including phenoxy) is 1. The summed E-state index contributed by atoms with van der Waals surface area (Å²) in [6, 6.07) is 0. The molecule has 2 rings (SSSR count). The summed E-state index contributed by atoms with van der Waals surface area (Å²) in [7, 11) is 1.62. The van der Waals surface area contributed by atoms with Crippen molar-refractivity contribution in [3.8, 4) is 0 Å². The van der Waals surface area contributed by atoms with Gasteiger partial charge in [0.25, 0.3) is 0 Å². The fourth-order valence-corrected chi connectivity index (χ4v) is 2.53. The third-order valence-electron chi connectivity index (χ3n) is 3.64. The molecule has 5 nitrogen and oxygen atoms in total. The number of rotatable bonds is 5. The summed E-state index contributed by atoms with van der Waals surface area (Å²) in [5, 5.41) is 8.19. The molecule has 1 heterocycles. The van der Waals surface area contributed by atoms with E-state index in [1.54, 1.807) is 7.11 Å². The number of hydrogen-bond acceptors (Lipinski definition) is 4. The normalized spacial score (nSPS) is 19.8. The van der Waals surface area contributed by atoms with Gasteiger partial charge in [-0.15, -0.1) is 10.2 Å². The van der Waals surface area contributed by atoms with Gasteiger partial charge in [0.15, 0.2) is 0 Å². The molecule has 2 N–H and O–H groups in total. The van der Waals surface area contributed by atoms with Crippen LogP contribution in [-0.2, 0) is 17.8 Å². The first kappa shape index (κ1) is 14.3. The fraction of sp³-hybridized carbons (Fsp3) is 0.833. The number of nitrogens with two attached hydrogens (primary N) is 1. The molecular weight excluding hydrogens is 254 g/mol. The molecule has 1 fully saturated rings. The van der Waals surface area contributed by atoms with Gasteiger partial charge in [0.2, 0.25) is 5.92 Å². The predicted molar refractivity (Wildman–Crippen MR) is 65.9 cm³/mol. The average molecular weight is 274 g/mol. The molecule has 0 amide bonds. The molecule has 1 aliphatic carbocycles. The Hall–Kier alpha value is -1.08. The molecule has 108 valence electrons. The SMILES string of the molecule is COCCn1c(CN)nnc1C1CCC(F)(F)CC1. The molecule has 1 aliphatic rings. The van der Waals surface area contributed by atoms with Crippen molar-refractivity contribution >= 4 is 0 Å². The molecule has 0 radical (unpaired) electrons. The maximum absolute atomic E-state index is 13.2. The van der Waals surface area contributed by atoms with E-state index in [-0.39, 0.29) is 18.8 Å². The Morgan fingerprint density at radius 1 is 1.37 bits per heavy atom. The van der Waals surface area contributed by atoms with E-state index in [0.717, 1.165) is 5.82 Å². The van der Waals surface area contributed by atoms with Crippen molar-refractivity contribution in [2.75, 3.05) is 13.7 Å². The van der Waals surface area contributed by atoms with Crippen molar-refractivity contribution in [3.63, 3.8) is 0 Å². The lowest BCUT2D eigenvalue weighted by Crippen LogP contribution is -2.26. The van der Waals surface area contributed by atoms with Crippen LogP contribution < -0.4 is 5.73 Å². The number of methoxy groups -OCH3 is 1. The van der Waals surface area contributed by atoms with E-state index in [9.17, 15) is 8.78 Å². The van der Waals surface area contributed by atoms with Gasteiger partial charge in [0.05, 0.1) is 13.2 Å². The molecule has 1 saturated carbocycles. The molecule has 0 spiro atoms. The molecule has 0 bridgehead atoms. The fourth-order valence-electron chi connectivity index (χ4n) is 2.53. The zero-order valence-electron chi connectivity index (χ0n) is 11.1. The summed E-state index contributed by atoms with van der Waals surface area (Å²) in [6.07, 6.45) is 0.741. The lowest BCUT2D eigenvalue weighted by atomic mass is 9.86. The number of halogens is 2. The Bertz CT molecular complexity index is 412. The summed E-state index contributed by atoms with van der Waals surface area (Å²) in [4.78, 5) is 0. The van der Waals surface area contributed by atoms with E-state index in [0.29, 0.717) is 38.4 Å². The summed E-state index contributed by atoms with van der Waals surface area (Å²) in [5.41, 5.74) is 5.62. The van der Waals surface area contributed by atoms with Gasteiger partial charge < -0.3 is 15.0 Å². The highest BCUT2D eigenvalue weighted by Crippen LogP contribution is 2.40. The lowest BCUT2D eigenvalue weighted by molar-refractivity contribution is -0.0390. The Labute approximate surface area is 111 Å². The molecule has 0 unspecified atom stereocenters. The van der Waals surface area contributed by atoms with Gasteiger partial charge in [-0.25, -0.2) is 8.78 Å². The number of hydrogen-bond donors (Lipinski definition) is 1. The molecule has 0 saturated heterocycles. The van der Waals surface area contributed by atoms with Crippen LogP contribution >= 0.6 is 0 Å². The molecule has 7 heteroatoms. The topological polar surface area (TPSA) is 66.0 Å². The third-order valence-corrected chi connectivity index (χ3v) is 3.64. The van der Waals surface area contributed by atoms with Crippen molar-refractivity contribution < 1.29 is 13.5 Å². The van der Waals surface area contributed by atoms with Crippen molar-refractivity contribution in [1.29, 1.82) is 0 Å². The Balaban J connectivity index is 2.13. The third kappa shape index (κ3) is 3.27. The zero-order valence-corrected chi connectivity index (χ0v) is 11.1. The molecule has 1 aromatic heterocycles. The second kappa shape index (κ2) is 5.92. The summed E-state index contributed by atoms with van der Waals surface area (Å²) in [5.74, 6) is -1.02. The summed E-state index contributed by atoms with van der Waals surface area (Å²) >= 11 is 0. The average Bonchev–Trinajstić information content (AvgIpc) is 2.79. The van der Waals surface area contributed by atoms with Crippen LogP contribution in [0, 0.1) is 0 Å². The van der Waals surface area contributed by atoms with Gasteiger partial charge in [0.1, 0.15) is 11.6 Å². The monoisotopic (exact) mass is 274 g/mol. The molecule has 0 atom stereocenters. The van der Waals surface area contributed by atoms with E-state index >= 15 is 0 Å². The van der Waals surface area contributed by atoms with Crippen molar-refractivity contribution in [3.05, 3.63) is 11.6 Å². The number of aromatic nitrogens is 3. The lowest BCUT2D eigenvalue weighted by Gasteiger charge is -2.28. The van der Waals surface area contributed by atoms with Crippen LogP contribution in [0.4, 0.5) is 8.78 Å². The van der Waals surface area contributed by atoms with E-state index in [1.165, 1.54) is 0 Å². The second-order valence-electron chi connectivity index (χ2n) is 4.95. The predicted octanol–water partition coefficient (Wildman–Crippen LogP) is 1.68. The van der Waals surface area contributed by atoms with Crippen LogP contribution in [0.1, 0.15) is 43.3 Å². The van der Waals surface area contributed by atoms with Gasteiger partial charge in [0, 0.05) is 32.4 Å². The highest BCUT2D eigenvalue weighted by Gasteiger charge is 2.37. The van der Waals surface area contributed by atoms with Crippen molar-refractivity contribution in [2.24, 2.45) is 5.73 Å². The first-order valence-electron chi connectivity index (χ1n) is 6.56. The molecule has 0 aliphatic heterocycles. The minimum atomic E-state index is -2.52. The van der Waals surface area contributed by atoms with Gasteiger partial charge in [-0.1, -0.05) is 0 Å². The van der Waals surface area contributed by atoms with E-state index in [2.05, 4.69) is 10.2 Å². The van der Waals surface area contributed by atoms with Gasteiger partial charge in [-0.2, -0.15) is 0 Å². The van der Waals surface area contributed by atoms with Gasteiger partial charge in [-0.05, 0) is 12.8 Å². The van der Waals surface area contributed by atoms with Crippen LogP contribution in [0.3, 0.4) is 0 Å². The molecule has 0 aromatic carbocycles. The van der Waals surface area contributed by atoms with Crippen LogP contribution in [0.25, 0.3) is 0 Å². The number of alkyl halides is 2. The second-order valence-corrected chi connectivity index (χ2v) is 4.95. The maximum Gasteiger partial charge on any atom is 0.248 e. The highest BCUT2D eigenvalue weighted by atomic mass is 19.3. The van der Waals surface area contributed by atoms with E-state index < -0.39 is 5.92 Å². The largest absolute Gasteiger partial charge is 0.383 e. The van der Waals surface area contributed by atoms with Gasteiger partial charge in [-0.3, -0.25) is 0 Å². The molecule has 19 heavy (non-hydrogen) atoms. The molecular formula is C12H20F2N4O. The van der Waals surface area contributed by atoms with Crippen LogP contribution in [0.2, 0.25) is 0 Å². The summed E-state index contributed by atoms with van der Waals surface area (Å²) in [6.45, 7) is 1.43. The van der Waals surface area contributed by atoms with Crippen LogP contribution in [0.5, 0.6) is 0 Å². The Kier molecular flexibility index (Phi) is 4.46. The minimum Gasteiger partial charge on any atom is -0.383 e. The van der Waals surface area contributed by atoms with Crippen molar-refractivity contribution in [1.82, 2.24) is 14.8 Å². The van der Waals surface area contributed by atoms with Crippen LogP contribution in [-0.4, -0.2) is 34.4 Å². The zero-order chi connectivity index (χ0) is 13.9. The quantitative estimate of drug-likeness (QED) is 0.887. The first-order chi connectivity index (χ1) is 9.07. The Morgan fingerprint density at radius 3 is 2.63 bits per heavy atom. The van der Waals surface area contributed by atoms with E-state index in [4.69, 9.17) is 10.5 Å². The molecule has 1 aromatic rings. The maximum atomic E-state index is 13.2. The van der Waals surface area contributed by atoms with Gasteiger partial charge >= 0.3 is 0 Å². The smallest absolute Gasteiger partial charge is 0.248 e. The minimum absolute atomic E-state index is 0.0456. The standard InChI is InChI=1S/C12H20F2N4O/c1-19-7-6-18-10(8-15)16-17-11(18)9-2-4-12(13,14)5-3-9/h9H,2-8,15H2,1H3. The van der Waals surface area contributed by atoms with E-state index in [1.807, 2.05) is 4.57 Å². The highest BCUT2D eigenvalue weighted by molar-refractivity contribution is 5.04. The summed E-state index contributed by atoms with van der Waals surface area (Å²) < 4.78 is 33.3. The Morgan fingerprint density at radius 2 is 2.05 bits per heavy atom. The van der Waals surface area contributed by atoms with Crippen molar-refractivity contribution in [2.45, 2.75) is 50.6 Å². The van der Waals surface area contributed by atoms with Crippen LogP contribution in [0.15, 0.2) is 0 Å².